The second-order valence-electron chi connectivity index (χ2n) is 5.80. The van der Waals surface area contributed by atoms with E-state index in [0.717, 1.165) is 18.4 Å². The first-order valence-corrected chi connectivity index (χ1v) is 8.21. The summed E-state index contributed by atoms with van der Waals surface area (Å²) < 4.78 is 0. The first-order chi connectivity index (χ1) is 10.9. The second kappa shape index (κ2) is 8.89. The first kappa shape index (κ1) is 19.5. The molecule has 23 heavy (non-hydrogen) atoms. The molecule has 3 N–H and O–H groups in total. The minimum Gasteiger partial charge on any atom is -0.396 e. The summed E-state index contributed by atoms with van der Waals surface area (Å²) in [6, 6.07) is 5.19. The molecule has 0 radical (unpaired) electrons. The minimum atomic E-state index is -0.749. The smallest absolute Gasteiger partial charge is 0.313 e. The maximum absolute atomic E-state index is 12.0. The van der Waals surface area contributed by atoms with Crippen LogP contribution in [-0.4, -0.2) is 30.1 Å². The summed E-state index contributed by atoms with van der Waals surface area (Å²) in [5.41, 5.74) is 1.19. The lowest BCUT2D eigenvalue weighted by Crippen LogP contribution is -2.42. The Bertz CT molecular complexity index is 557. The van der Waals surface area contributed by atoms with Gasteiger partial charge in [0.1, 0.15) is 0 Å². The topological polar surface area (TPSA) is 78.4 Å². The normalized spacial score (nSPS) is 11.2. The van der Waals surface area contributed by atoms with Gasteiger partial charge in [0.25, 0.3) is 0 Å². The number of amides is 2. The molecule has 6 heteroatoms. The summed E-state index contributed by atoms with van der Waals surface area (Å²) >= 11 is 6.04. The standard InChI is InChI=1S/C17H25ClN2O3/c1-4-17(5-2,8-9-21)11-19-15(22)16(23)20-14-7-6-12(3)10-13(14)18/h6-7,10,21H,4-5,8-9,11H2,1-3H3,(H,19,22)(H,20,23). The van der Waals surface area contributed by atoms with Crippen molar-refractivity contribution in [1.82, 2.24) is 5.32 Å². The minimum absolute atomic E-state index is 0.0583. The average Bonchev–Trinajstić information content (AvgIpc) is 2.53. The van der Waals surface area contributed by atoms with Gasteiger partial charge in [-0.2, -0.15) is 0 Å². The molecule has 1 aromatic rings. The van der Waals surface area contributed by atoms with Crippen LogP contribution in [0.4, 0.5) is 5.69 Å². The highest BCUT2D eigenvalue weighted by Gasteiger charge is 2.27. The number of rotatable bonds is 7. The predicted octanol–water partition coefficient (Wildman–Crippen LogP) is 2.89. The number of halogens is 1. The van der Waals surface area contributed by atoms with E-state index in [0.29, 0.717) is 23.7 Å². The molecule has 5 nitrogen and oxygen atoms in total. The van der Waals surface area contributed by atoms with Crippen molar-refractivity contribution in [1.29, 1.82) is 0 Å². The molecule has 0 aliphatic carbocycles. The molecule has 128 valence electrons. The maximum Gasteiger partial charge on any atom is 0.313 e. The Kier molecular flexibility index (Phi) is 7.52. The molecule has 0 bridgehead atoms. The van der Waals surface area contributed by atoms with Crippen LogP contribution in [-0.2, 0) is 9.59 Å². The molecule has 2 amide bonds. The number of carbonyl (C=O) groups excluding carboxylic acids is 2. The fourth-order valence-corrected chi connectivity index (χ4v) is 2.71. The van der Waals surface area contributed by atoms with Crippen LogP contribution in [0.15, 0.2) is 18.2 Å². The molecule has 0 atom stereocenters. The molecule has 0 fully saturated rings. The molecular formula is C17H25ClN2O3. The largest absolute Gasteiger partial charge is 0.396 e. The fraction of sp³-hybridized carbons (Fsp3) is 0.529. The molecule has 0 aliphatic rings. The van der Waals surface area contributed by atoms with E-state index in [1.165, 1.54) is 0 Å². The van der Waals surface area contributed by atoms with Gasteiger partial charge in [0.05, 0.1) is 10.7 Å². The third-order valence-corrected chi connectivity index (χ3v) is 4.66. The number of aliphatic hydroxyl groups excluding tert-OH is 1. The van der Waals surface area contributed by atoms with E-state index in [2.05, 4.69) is 10.6 Å². The Morgan fingerprint density at radius 1 is 1.22 bits per heavy atom. The van der Waals surface area contributed by atoms with Crippen molar-refractivity contribution in [3.63, 3.8) is 0 Å². The highest BCUT2D eigenvalue weighted by molar-refractivity contribution is 6.41. The molecule has 0 heterocycles. The van der Waals surface area contributed by atoms with Crippen LogP contribution in [0.2, 0.25) is 5.02 Å². The van der Waals surface area contributed by atoms with Gasteiger partial charge in [-0.05, 0) is 49.3 Å². The van der Waals surface area contributed by atoms with Crippen LogP contribution >= 0.6 is 11.6 Å². The van der Waals surface area contributed by atoms with E-state index in [1.807, 2.05) is 20.8 Å². The summed E-state index contributed by atoms with van der Waals surface area (Å²) in [5, 5.41) is 14.7. The van der Waals surface area contributed by atoms with E-state index in [4.69, 9.17) is 11.6 Å². The number of nitrogens with one attached hydrogen (secondary N) is 2. The molecule has 1 rings (SSSR count). The molecule has 0 aliphatic heterocycles. The number of hydrogen-bond donors (Lipinski definition) is 3. The van der Waals surface area contributed by atoms with Crippen LogP contribution in [0.3, 0.4) is 0 Å². The van der Waals surface area contributed by atoms with Gasteiger partial charge >= 0.3 is 11.8 Å². The number of aliphatic hydroxyl groups is 1. The third kappa shape index (κ3) is 5.52. The summed E-state index contributed by atoms with van der Waals surface area (Å²) in [4.78, 5) is 23.9. The van der Waals surface area contributed by atoms with Crippen LogP contribution < -0.4 is 10.6 Å². The highest BCUT2D eigenvalue weighted by atomic mass is 35.5. The van der Waals surface area contributed by atoms with Crippen molar-refractivity contribution in [3.8, 4) is 0 Å². The summed E-state index contributed by atoms with van der Waals surface area (Å²) in [6.07, 6.45) is 2.22. The molecule has 0 saturated carbocycles. The molecule has 0 aromatic heterocycles. The van der Waals surface area contributed by atoms with Crippen LogP contribution in [0.25, 0.3) is 0 Å². The lowest BCUT2D eigenvalue weighted by atomic mass is 9.79. The monoisotopic (exact) mass is 340 g/mol. The average molecular weight is 341 g/mol. The van der Waals surface area contributed by atoms with Crippen molar-refractivity contribution in [2.24, 2.45) is 5.41 Å². The highest BCUT2D eigenvalue weighted by Crippen LogP contribution is 2.29. The van der Waals surface area contributed by atoms with Gasteiger partial charge in [-0.15, -0.1) is 0 Å². The van der Waals surface area contributed by atoms with Crippen LogP contribution in [0.5, 0.6) is 0 Å². The first-order valence-electron chi connectivity index (χ1n) is 7.83. The Morgan fingerprint density at radius 2 is 1.87 bits per heavy atom. The number of aryl methyl sites for hydroxylation is 1. The fourth-order valence-electron chi connectivity index (χ4n) is 2.43. The van der Waals surface area contributed by atoms with Crippen LogP contribution in [0, 0.1) is 12.3 Å². The quantitative estimate of drug-likeness (QED) is 0.668. The van der Waals surface area contributed by atoms with Crippen molar-refractivity contribution in [2.45, 2.75) is 40.0 Å². The lowest BCUT2D eigenvalue weighted by molar-refractivity contribution is -0.136. The lowest BCUT2D eigenvalue weighted by Gasteiger charge is -2.31. The Balaban J connectivity index is 2.65. The zero-order valence-electron chi connectivity index (χ0n) is 13.9. The van der Waals surface area contributed by atoms with Gasteiger partial charge in [0.15, 0.2) is 0 Å². The Morgan fingerprint density at radius 3 is 2.39 bits per heavy atom. The van der Waals surface area contributed by atoms with Gasteiger partial charge < -0.3 is 15.7 Å². The van der Waals surface area contributed by atoms with E-state index < -0.39 is 11.8 Å². The van der Waals surface area contributed by atoms with E-state index in [1.54, 1.807) is 18.2 Å². The Labute approximate surface area is 142 Å². The number of anilines is 1. The van der Waals surface area contributed by atoms with E-state index in [9.17, 15) is 14.7 Å². The second-order valence-corrected chi connectivity index (χ2v) is 6.21. The van der Waals surface area contributed by atoms with Gasteiger partial charge in [-0.3, -0.25) is 9.59 Å². The molecular weight excluding hydrogens is 316 g/mol. The Hall–Kier alpha value is -1.59. The van der Waals surface area contributed by atoms with E-state index >= 15 is 0 Å². The number of benzene rings is 1. The molecule has 0 spiro atoms. The molecule has 0 unspecified atom stereocenters. The molecule has 0 saturated heterocycles. The van der Waals surface area contributed by atoms with Gasteiger partial charge in [0, 0.05) is 13.2 Å². The van der Waals surface area contributed by atoms with Crippen LogP contribution in [0.1, 0.15) is 38.7 Å². The maximum atomic E-state index is 12.0. The summed E-state index contributed by atoms with van der Waals surface area (Å²) in [5.74, 6) is -1.45. The zero-order chi connectivity index (χ0) is 17.5. The zero-order valence-corrected chi connectivity index (χ0v) is 14.7. The van der Waals surface area contributed by atoms with Gasteiger partial charge in [0.2, 0.25) is 0 Å². The SMILES string of the molecule is CCC(CC)(CCO)CNC(=O)C(=O)Nc1ccc(C)cc1Cl. The molecule has 1 aromatic carbocycles. The van der Waals surface area contributed by atoms with Gasteiger partial charge in [-0.25, -0.2) is 0 Å². The number of carbonyl (C=O) groups is 2. The van der Waals surface area contributed by atoms with Crippen molar-refractivity contribution in [3.05, 3.63) is 28.8 Å². The summed E-state index contributed by atoms with van der Waals surface area (Å²) in [6.45, 7) is 6.33. The van der Waals surface area contributed by atoms with Crippen molar-refractivity contribution in [2.75, 3.05) is 18.5 Å². The third-order valence-electron chi connectivity index (χ3n) is 4.35. The number of hydrogen-bond acceptors (Lipinski definition) is 3. The summed E-state index contributed by atoms with van der Waals surface area (Å²) in [7, 11) is 0. The predicted molar refractivity (Wildman–Crippen MR) is 92.5 cm³/mol. The van der Waals surface area contributed by atoms with E-state index in [-0.39, 0.29) is 12.0 Å². The van der Waals surface area contributed by atoms with Crippen molar-refractivity contribution >= 4 is 29.1 Å². The van der Waals surface area contributed by atoms with Crippen molar-refractivity contribution < 1.29 is 14.7 Å². The van der Waals surface area contributed by atoms with Gasteiger partial charge in [-0.1, -0.05) is 31.5 Å².